The van der Waals surface area contributed by atoms with Crippen molar-refractivity contribution in [2.45, 2.75) is 25.4 Å². The van der Waals surface area contributed by atoms with Crippen LogP contribution in [0.4, 0.5) is 4.39 Å². The minimum atomic E-state index is -0.499. The van der Waals surface area contributed by atoms with E-state index < -0.39 is 6.67 Å². The van der Waals surface area contributed by atoms with Crippen LogP contribution in [0, 0.1) is 0 Å². The molecule has 1 amide bonds. The van der Waals surface area contributed by atoms with Gasteiger partial charge >= 0.3 is 0 Å². The van der Waals surface area contributed by atoms with Crippen molar-refractivity contribution in [1.82, 2.24) is 25.0 Å². The molecule has 0 saturated carbocycles. The molecule has 128 valence electrons. The van der Waals surface area contributed by atoms with Gasteiger partial charge < -0.3 is 5.32 Å². The Morgan fingerprint density at radius 2 is 2.17 bits per heavy atom. The molecule has 3 rings (SSSR count). The van der Waals surface area contributed by atoms with Crippen molar-refractivity contribution in [2.24, 2.45) is 0 Å². The van der Waals surface area contributed by atoms with E-state index >= 15 is 0 Å². The number of carbonyl (C=O) groups excluding carboxylic acids is 1. The molecule has 2 aromatic rings. The molecular formula is C17H22FN5O. The van der Waals surface area contributed by atoms with Gasteiger partial charge in [0, 0.05) is 25.1 Å². The van der Waals surface area contributed by atoms with E-state index in [1.165, 1.54) is 23.7 Å². The number of amides is 1. The van der Waals surface area contributed by atoms with E-state index in [-0.39, 0.29) is 18.5 Å². The molecule has 1 aliphatic rings. The number of rotatable bonds is 7. The third kappa shape index (κ3) is 3.97. The van der Waals surface area contributed by atoms with Crippen molar-refractivity contribution >= 4 is 5.91 Å². The highest BCUT2D eigenvalue weighted by Crippen LogP contribution is 2.24. The molecule has 0 radical (unpaired) electrons. The summed E-state index contributed by atoms with van der Waals surface area (Å²) >= 11 is 0. The van der Waals surface area contributed by atoms with Gasteiger partial charge in [0.25, 0.3) is 5.91 Å². The zero-order chi connectivity index (χ0) is 16.8. The van der Waals surface area contributed by atoms with Crippen LogP contribution in [0.15, 0.2) is 36.9 Å². The second kappa shape index (κ2) is 8.01. The number of likely N-dealkylation sites (tertiary alicyclic amines) is 1. The standard InChI is InChI=1S/C17H22FN5O/c18-5-9-23-13-15(11-21-23)17(24)20-12-16(22-7-1-2-8-22)14-4-3-6-19-10-14/h3-4,6,10-11,13,16H,1-2,5,7-9,12H2,(H,20,24). The van der Waals surface area contributed by atoms with Crippen LogP contribution in [0.3, 0.4) is 0 Å². The lowest BCUT2D eigenvalue weighted by Crippen LogP contribution is -2.36. The monoisotopic (exact) mass is 331 g/mol. The minimum absolute atomic E-state index is 0.117. The summed E-state index contributed by atoms with van der Waals surface area (Å²) in [6.45, 7) is 2.24. The molecule has 3 heterocycles. The Balaban J connectivity index is 1.65. The van der Waals surface area contributed by atoms with Crippen LogP contribution < -0.4 is 5.32 Å². The Hall–Kier alpha value is -2.28. The van der Waals surface area contributed by atoms with Gasteiger partial charge in [0.15, 0.2) is 0 Å². The lowest BCUT2D eigenvalue weighted by molar-refractivity contribution is 0.0937. The van der Waals surface area contributed by atoms with E-state index in [1.807, 2.05) is 18.3 Å². The van der Waals surface area contributed by atoms with Crippen LogP contribution in [0.2, 0.25) is 0 Å². The Kier molecular flexibility index (Phi) is 5.53. The molecule has 0 bridgehead atoms. The molecule has 24 heavy (non-hydrogen) atoms. The van der Waals surface area contributed by atoms with E-state index in [0.717, 1.165) is 18.7 Å². The van der Waals surface area contributed by atoms with Crippen LogP contribution in [0.1, 0.15) is 34.8 Å². The van der Waals surface area contributed by atoms with Crippen molar-refractivity contribution in [3.8, 4) is 0 Å². The van der Waals surface area contributed by atoms with Gasteiger partial charge in [-0.2, -0.15) is 5.10 Å². The number of halogens is 1. The molecule has 1 fully saturated rings. The Bertz CT molecular complexity index is 654. The van der Waals surface area contributed by atoms with Gasteiger partial charge in [0.1, 0.15) is 6.67 Å². The highest BCUT2D eigenvalue weighted by atomic mass is 19.1. The zero-order valence-corrected chi connectivity index (χ0v) is 13.6. The van der Waals surface area contributed by atoms with Crippen LogP contribution in [0.25, 0.3) is 0 Å². The number of carbonyl (C=O) groups is 1. The molecule has 0 spiro atoms. The van der Waals surface area contributed by atoms with Gasteiger partial charge in [0.2, 0.25) is 0 Å². The molecule has 1 unspecified atom stereocenters. The van der Waals surface area contributed by atoms with E-state index in [1.54, 1.807) is 12.4 Å². The lowest BCUT2D eigenvalue weighted by Gasteiger charge is -2.27. The lowest BCUT2D eigenvalue weighted by atomic mass is 10.1. The normalized spacial score (nSPS) is 16.2. The topological polar surface area (TPSA) is 63.1 Å². The molecule has 0 aromatic carbocycles. The molecule has 6 nitrogen and oxygen atoms in total. The summed E-state index contributed by atoms with van der Waals surface area (Å²) in [6.07, 6.45) is 9.02. The van der Waals surface area contributed by atoms with Crippen molar-refractivity contribution in [2.75, 3.05) is 26.3 Å². The number of pyridine rings is 1. The van der Waals surface area contributed by atoms with E-state index in [0.29, 0.717) is 12.1 Å². The summed E-state index contributed by atoms with van der Waals surface area (Å²) in [7, 11) is 0. The summed E-state index contributed by atoms with van der Waals surface area (Å²) in [5.74, 6) is -0.187. The first-order chi connectivity index (χ1) is 11.8. The molecule has 1 saturated heterocycles. The average molecular weight is 331 g/mol. The molecule has 1 N–H and O–H groups in total. The summed E-state index contributed by atoms with van der Waals surface area (Å²) in [5.41, 5.74) is 1.56. The first kappa shape index (κ1) is 16.6. The first-order valence-corrected chi connectivity index (χ1v) is 8.28. The van der Waals surface area contributed by atoms with Crippen LogP contribution in [0.5, 0.6) is 0 Å². The summed E-state index contributed by atoms with van der Waals surface area (Å²) in [4.78, 5) is 18.9. The second-order valence-electron chi connectivity index (χ2n) is 5.94. The largest absolute Gasteiger partial charge is 0.350 e. The summed E-state index contributed by atoms with van der Waals surface area (Å²) < 4.78 is 13.8. The van der Waals surface area contributed by atoms with Crippen molar-refractivity contribution in [3.63, 3.8) is 0 Å². The fraction of sp³-hybridized carbons (Fsp3) is 0.471. The number of aromatic nitrogens is 3. The van der Waals surface area contributed by atoms with Crippen molar-refractivity contribution < 1.29 is 9.18 Å². The van der Waals surface area contributed by atoms with E-state index in [4.69, 9.17) is 0 Å². The van der Waals surface area contributed by atoms with Crippen LogP contribution in [-0.2, 0) is 6.54 Å². The van der Waals surface area contributed by atoms with Crippen molar-refractivity contribution in [1.29, 1.82) is 0 Å². The molecule has 7 heteroatoms. The van der Waals surface area contributed by atoms with Gasteiger partial charge in [0.05, 0.1) is 24.3 Å². The SMILES string of the molecule is O=C(NCC(c1cccnc1)N1CCCC1)c1cnn(CCF)c1. The molecular weight excluding hydrogens is 309 g/mol. The smallest absolute Gasteiger partial charge is 0.254 e. The summed E-state index contributed by atoms with van der Waals surface area (Å²) in [5, 5.41) is 6.96. The number of hydrogen-bond acceptors (Lipinski definition) is 4. The average Bonchev–Trinajstić information content (AvgIpc) is 3.28. The van der Waals surface area contributed by atoms with Gasteiger partial charge in [-0.1, -0.05) is 6.07 Å². The van der Waals surface area contributed by atoms with E-state index in [2.05, 4.69) is 20.3 Å². The number of nitrogens with zero attached hydrogens (tertiary/aromatic N) is 4. The fourth-order valence-electron chi connectivity index (χ4n) is 3.07. The molecule has 0 aliphatic carbocycles. The Morgan fingerprint density at radius 1 is 1.33 bits per heavy atom. The molecule has 1 aliphatic heterocycles. The maximum Gasteiger partial charge on any atom is 0.254 e. The predicted molar refractivity (Wildman–Crippen MR) is 88.3 cm³/mol. The number of aryl methyl sites for hydroxylation is 1. The fourth-order valence-corrected chi connectivity index (χ4v) is 3.07. The number of hydrogen-bond donors (Lipinski definition) is 1. The number of nitrogens with one attached hydrogen (secondary N) is 1. The first-order valence-electron chi connectivity index (χ1n) is 8.28. The van der Waals surface area contributed by atoms with Gasteiger partial charge in [-0.05, 0) is 37.6 Å². The summed E-state index contributed by atoms with van der Waals surface area (Å²) in [6, 6.07) is 4.08. The molecule has 1 atom stereocenters. The quantitative estimate of drug-likeness (QED) is 0.840. The Labute approximate surface area is 140 Å². The van der Waals surface area contributed by atoms with E-state index in [9.17, 15) is 9.18 Å². The Morgan fingerprint density at radius 3 is 2.88 bits per heavy atom. The van der Waals surface area contributed by atoms with Crippen LogP contribution >= 0.6 is 0 Å². The molecule has 2 aromatic heterocycles. The highest BCUT2D eigenvalue weighted by Gasteiger charge is 2.24. The zero-order valence-electron chi connectivity index (χ0n) is 13.6. The minimum Gasteiger partial charge on any atom is -0.350 e. The van der Waals surface area contributed by atoms with Crippen LogP contribution in [-0.4, -0.2) is 51.9 Å². The predicted octanol–water partition coefficient (Wildman–Crippen LogP) is 1.81. The maximum absolute atomic E-state index is 12.3. The third-order valence-electron chi connectivity index (χ3n) is 4.32. The third-order valence-corrected chi connectivity index (χ3v) is 4.32. The van der Waals surface area contributed by atoms with Gasteiger partial charge in [-0.3, -0.25) is 19.4 Å². The second-order valence-corrected chi connectivity index (χ2v) is 5.94. The van der Waals surface area contributed by atoms with Gasteiger partial charge in [-0.25, -0.2) is 4.39 Å². The number of alkyl halides is 1. The van der Waals surface area contributed by atoms with Gasteiger partial charge in [-0.15, -0.1) is 0 Å². The highest BCUT2D eigenvalue weighted by molar-refractivity contribution is 5.93. The maximum atomic E-state index is 12.3. The van der Waals surface area contributed by atoms with Crippen molar-refractivity contribution in [3.05, 3.63) is 48.0 Å².